The van der Waals surface area contributed by atoms with Gasteiger partial charge < -0.3 is 5.32 Å². The van der Waals surface area contributed by atoms with E-state index in [1.54, 1.807) is 0 Å². The summed E-state index contributed by atoms with van der Waals surface area (Å²) in [4.78, 5) is 34.9. The second-order valence-corrected chi connectivity index (χ2v) is 8.54. The van der Waals surface area contributed by atoms with Crippen LogP contribution in [0.3, 0.4) is 0 Å². The molecule has 1 N–H and O–H groups in total. The highest BCUT2D eigenvalue weighted by molar-refractivity contribution is 7.16. The van der Waals surface area contributed by atoms with Gasteiger partial charge in [0.1, 0.15) is 11.4 Å². The molecule has 0 radical (unpaired) electrons. The predicted molar refractivity (Wildman–Crippen MR) is 91.1 cm³/mol. The van der Waals surface area contributed by atoms with Gasteiger partial charge >= 0.3 is 0 Å². The smallest absolute Gasteiger partial charge is 0.187 e. The van der Waals surface area contributed by atoms with Gasteiger partial charge in [-0.15, -0.1) is 22.7 Å². The normalized spacial score (nSPS) is 20.3. The highest BCUT2D eigenvalue weighted by Crippen LogP contribution is 2.33. The molecule has 4 rings (SSSR count). The van der Waals surface area contributed by atoms with Crippen LogP contribution in [-0.4, -0.2) is 28.1 Å². The molecular formula is C15H14ClN3O2S2. The summed E-state index contributed by atoms with van der Waals surface area (Å²) < 4.78 is 0.433. The van der Waals surface area contributed by atoms with Gasteiger partial charge in [-0.25, -0.2) is 9.97 Å². The molecule has 2 heterocycles. The van der Waals surface area contributed by atoms with Crippen molar-refractivity contribution < 1.29 is 9.59 Å². The van der Waals surface area contributed by atoms with Gasteiger partial charge in [-0.2, -0.15) is 0 Å². The zero-order valence-corrected chi connectivity index (χ0v) is 14.6. The van der Waals surface area contributed by atoms with Crippen molar-refractivity contribution in [2.45, 2.75) is 32.1 Å². The van der Waals surface area contributed by atoms with Crippen molar-refractivity contribution in [2.75, 3.05) is 11.9 Å². The molecule has 2 aliphatic rings. The third kappa shape index (κ3) is 2.81. The minimum Gasteiger partial charge on any atom is -0.361 e. The minimum absolute atomic E-state index is 0.0549. The van der Waals surface area contributed by atoms with Crippen LogP contribution in [0.1, 0.15) is 50.0 Å². The van der Waals surface area contributed by atoms with E-state index in [2.05, 4.69) is 15.3 Å². The third-order valence-corrected chi connectivity index (χ3v) is 6.56. The Bertz CT molecular complexity index is 799. The molecule has 0 bridgehead atoms. The van der Waals surface area contributed by atoms with E-state index in [4.69, 9.17) is 11.6 Å². The maximum absolute atomic E-state index is 12.5. The maximum Gasteiger partial charge on any atom is 0.187 e. The summed E-state index contributed by atoms with van der Waals surface area (Å²) in [5.41, 5.74) is 1.15. The molecule has 0 saturated heterocycles. The summed E-state index contributed by atoms with van der Waals surface area (Å²) in [6.07, 6.45) is 4.04. The molecule has 5 nitrogen and oxygen atoms in total. The Morgan fingerprint density at radius 1 is 1.09 bits per heavy atom. The molecule has 0 saturated carbocycles. The van der Waals surface area contributed by atoms with Gasteiger partial charge in [-0.3, -0.25) is 9.59 Å². The highest BCUT2D eigenvalue weighted by Gasteiger charge is 2.31. The van der Waals surface area contributed by atoms with Gasteiger partial charge in [-0.1, -0.05) is 11.6 Å². The molecular weight excluding hydrogens is 354 g/mol. The van der Waals surface area contributed by atoms with Crippen molar-refractivity contribution in [3.05, 3.63) is 25.6 Å². The van der Waals surface area contributed by atoms with E-state index in [9.17, 15) is 9.59 Å². The van der Waals surface area contributed by atoms with Crippen LogP contribution in [0.15, 0.2) is 0 Å². The molecule has 0 aromatic carbocycles. The number of aromatic nitrogens is 2. The first-order valence-electron chi connectivity index (χ1n) is 7.58. The molecule has 0 aliphatic heterocycles. The van der Waals surface area contributed by atoms with Crippen LogP contribution in [0.5, 0.6) is 0 Å². The monoisotopic (exact) mass is 367 g/mol. The van der Waals surface area contributed by atoms with E-state index in [1.807, 2.05) is 0 Å². The molecule has 120 valence electrons. The van der Waals surface area contributed by atoms with Crippen LogP contribution >= 0.6 is 34.3 Å². The average Bonchev–Trinajstić information content (AvgIpc) is 3.10. The molecule has 2 aromatic heterocycles. The van der Waals surface area contributed by atoms with Gasteiger partial charge in [0.2, 0.25) is 0 Å². The number of nitrogens with zero attached hydrogens (tertiary/aromatic N) is 2. The van der Waals surface area contributed by atoms with E-state index in [0.29, 0.717) is 28.8 Å². The summed E-state index contributed by atoms with van der Waals surface area (Å²) in [5, 5.41) is 3.97. The standard InChI is InChI=1S/C15H14ClN3O2S2/c16-14-18-12-10(22-14)5-4-7(13(12)21)6-17-15-19-11-8(20)2-1-3-9(11)23-15/h7H,1-6H2,(H,17,19)/t7-/m1/s1. The zero-order chi connectivity index (χ0) is 16.0. The van der Waals surface area contributed by atoms with Crippen LogP contribution in [0.4, 0.5) is 5.13 Å². The molecule has 8 heteroatoms. The SMILES string of the molecule is O=C1CCCc2sc(NC[C@H]3CCc4sc(Cl)nc4C3=O)nc21. The van der Waals surface area contributed by atoms with Gasteiger partial charge in [0, 0.05) is 28.6 Å². The lowest BCUT2D eigenvalue weighted by Crippen LogP contribution is -2.28. The number of aryl methyl sites for hydroxylation is 2. The molecule has 2 aromatic rings. The summed E-state index contributed by atoms with van der Waals surface area (Å²) in [6, 6.07) is 0. The number of ketones is 2. The van der Waals surface area contributed by atoms with E-state index >= 15 is 0 Å². The van der Waals surface area contributed by atoms with Crippen LogP contribution in [0.25, 0.3) is 0 Å². The van der Waals surface area contributed by atoms with Crippen molar-refractivity contribution in [2.24, 2.45) is 5.92 Å². The number of hydrogen-bond acceptors (Lipinski definition) is 7. The Balaban J connectivity index is 1.46. The summed E-state index contributed by atoms with van der Waals surface area (Å²) in [7, 11) is 0. The second-order valence-electron chi connectivity index (χ2n) is 5.79. The number of thiazole rings is 2. The number of anilines is 1. The average molecular weight is 368 g/mol. The van der Waals surface area contributed by atoms with Gasteiger partial charge in [0.15, 0.2) is 21.2 Å². The number of fused-ring (bicyclic) bond motifs is 2. The van der Waals surface area contributed by atoms with Crippen LogP contribution in [-0.2, 0) is 12.8 Å². The first kappa shape index (κ1) is 15.2. The number of nitrogens with one attached hydrogen (secondary N) is 1. The first-order chi connectivity index (χ1) is 11.1. The van der Waals surface area contributed by atoms with E-state index in [1.165, 1.54) is 22.7 Å². The zero-order valence-electron chi connectivity index (χ0n) is 12.2. The van der Waals surface area contributed by atoms with Gasteiger partial charge in [0.05, 0.1) is 0 Å². The summed E-state index contributed by atoms with van der Waals surface area (Å²) in [6.45, 7) is 0.522. The fourth-order valence-corrected chi connectivity index (χ4v) is 5.26. The van der Waals surface area contributed by atoms with Crippen molar-refractivity contribution in [1.29, 1.82) is 0 Å². The largest absolute Gasteiger partial charge is 0.361 e. The first-order valence-corrected chi connectivity index (χ1v) is 9.59. The van der Waals surface area contributed by atoms with Crippen molar-refractivity contribution in [3.8, 4) is 0 Å². The van der Waals surface area contributed by atoms with E-state index in [0.717, 1.165) is 40.6 Å². The fraction of sp³-hybridized carbons (Fsp3) is 0.467. The second kappa shape index (κ2) is 5.96. The Morgan fingerprint density at radius 3 is 2.74 bits per heavy atom. The molecule has 0 fully saturated rings. The number of carbonyl (C=O) groups is 2. The lowest BCUT2D eigenvalue weighted by molar-refractivity contribution is 0.0904. The Kier molecular flexibility index (Phi) is 3.95. The number of rotatable bonds is 3. The minimum atomic E-state index is -0.114. The number of halogens is 1. The van der Waals surface area contributed by atoms with Crippen LogP contribution in [0, 0.1) is 5.92 Å². The van der Waals surface area contributed by atoms with Crippen molar-refractivity contribution >= 4 is 51.0 Å². The van der Waals surface area contributed by atoms with Gasteiger partial charge in [-0.05, 0) is 25.7 Å². The molecule has 0 unspecified atom stereocenters. The fourth-order valence-electron chi connectivity index (χ4n) is 3.06. The number of hydrogen-bond donors (Lipinski definition) is 1. The lowest BCUT2D eigenvalue weighted by Gasteiger charge is -2.19. The topological polar surface area (TPSA) is 72.0 Å². The Hall–Kier alpha value is -1.31. The Morgan fingerprint density at radius 2 is 1.91 bits per heavy atom. The lowest BCUT2D eigenvalue weighted by atomic mass is 9.89. The molecule has 1 atom stereocenters. The number of Topliss-reactive ketones (excluding diaryl/α,β-unsaturated/α-hetero) is 2. The Labute approximate surface area is 146 Å². The van der Waals surface area contributed by atoms with Crippen LogP contribution in [0.2, 0.25) is 4.47 Å². The summed E-state index contributed by atoms with van der Waals surface area (Å²) in [5.74, 6) is 0.0719. The maximum atomic E-state index is 12.5. The highest BCUT2D eigenvalue weighted by atomic mass is 35.5. The number of carbonyl (C=O) groups excluding carboxylic acids is 2. The molecule has 2 aliphatic carbocycles. The molecule has 23 heavy (non-hydrogen) atoms. The van der Waals surface area contributed by atoms with Crippen LogP contribution < -0.4 is 5.32 Å². The van der Waals surface area contributed by atoms with Crippen molar-refractivity contribution in [1.82, 2.24) is 9.97 Å². The third-order valence-electron chi connectivity index (χ3n) is 4.26. The molecule has 0 amide bonds. The molecule has 0 spiro atoms. The predicted octanol–water partition coefficient (Wildman–Crippen LogP) is 3.63. The van der Waals surface area contributed by atoms with Crippen molar-refractivity contribution in [3.63, 3.8) is 0 Å². The van der Waals surface area contributed by atoms with E-state index < -0.39 is 0 Å². The van der Waals surface area contributed by atoms with Gasteiger partial charge in [0.25, 0.3) is 0 Å². The van der Waals surface area contributed by atoms with E-state index in [-0.39, 0.29) is 17.5 Å². The quantitative estimate of drug-likeness (QED) is 0.896. The summed E-state index contributed by atoms with van der Waals surface area (Å²) >= 11 is 8.83.